The number of aromatic nitrogens is 1. The minimum Gasteiger partial charge on any atom is -0.263 e. The molecule has 16 heavy (non-hydrogen) atoms. The van der Waals surface area contributed by atoms with Gasteiger partial charge in [0.15, 0.2) is 0 Å². The summed E-state index contributed by atoms with van der Waals surface area (Å²) >= 11 is 5.76. The van der Waals surface area contributed by atoms with E-state index >= 15 is 0 Å². The van der Waals surface area contributed by atoms with Gasteiger partial charge < -0.3 is 0 Å². The number of nitrogens with zero attached hydrogens (tertiary/aromatic N) is 1. The molecule has 0 saturated carbocycles. The van der Waals surface area contributed by atoms with Gasteiger partial charge in [0.05, 0.1) is 0 Å². The number of hydrogen-bond donors (Lipinski definition) is 1. The smallest absolute Gasteiger partial charge is 0.242 e. The van der Waals surface area contributed by atoms with Gasteiger partial charge in [-0.1, -0.05) is 6.92 Å². The summed E-state index contributed by atoms with van der Waals surface area (Å²) < 4.78 is 26.5. The molecule has 1 rings (SSSR count). The first-order valence-electron chi connectivity index (χ1n) is 4.93. The molecule has 0 spiro atoms. The molecule has 0 fully saturated rings. The van der Waals surface area contributed by atoms with Gasteiger partial charge in [0.1, 0.15) is 4.90 Å². The summed E-state index contributed by atoms with van der Waals surface area (Å²) in [6, 6.07) is 3.08. The van der Waals surface area contributed by atoms with E-state index in [0.717, 1.165) is 0 Å². The van der Waals surface area contributed by atoms with Gasteiger partial charge in [-0.25, -0.2) is 13.1 Å². The predicted octanol–water partition coefficient (Wildman–Crippen LogP) is 1.77. The fourth-order valence-electron chi connectivity index (χ4n) is 1.08. The van der Waals surface area contributed by atoms with Crippen LogP contribution >= 0.6 is 11.6 Å². The number of nitrogens with one attached hydrogen (secondary N) is 1. The van der Waals surface area contributed by atoms with Crippen molar-refractivity contribution in [1.82, 2.24) is 9.71 Å². The van der Waals surface area contributed by atoms with Crippen LogP contribution < -0.4 is 4.72 Å². The molecule has 1 heterocycles. The van der Waals surface area contributed by atoms with Crippen LogP contribution in [0.15, 0.2) is 29.4 Å². The lowest BCUT2D eigenvalue weighted by Gasteiger charge is -2.26. The van der Waals surface area contributed by atoms with E-state index < -0.39 is 15.6 Å². The number of rotatable bonds is 5. The standard InChI is InChI=1S/C10H15ClN2O2S/c1-3-10(2,8-11)13-16(14,15)9-5-4-6-12-7-9/h4-7,13H,3,8H2,1-2H3. The van der Waals surface area contributed by atoms with Crippen molar-refractivity contribution in [3.05, 3.63) is 24.5 Å². The zero-order valence-electron chi connectivity index (χ0n) is 9.27. The van der Waals surface area contributed by atoms with Crippen LogP contribution in [0, 0.1) is 0 Å². The Morgan fingerprint density at radius 2 is 2.25 bits per heavy atom. The SMILES string of the molecule is CCC(C)(CCl)NS(=O)(=O)c1cccnc1. The summed E-state index contributed by atoms with van der Waals surface area (Å²) in [5, 5.41) is 0. The Morgan fingerprint density at radius 3 is 2.69 bits per heavy atom. The molecule has 0 aliphatic carbocycles. The number of alkyl halides is 1. The predicted molar refractivity (Wildman–Crippen MR) is 64.0 cm³/mol. The van der Waals surface area contributed by atoms with Crippen LogP contribution in [0.1, 0.15) is 20.3 Å². The largest absolute Gasteiger partial charge is 0.263 e. The maximum absolute atomic E-state index is 12.0. The maximum atomic E-state index is 12.0. The van der Waals surface area contributed by atoms with Gasteiger partial charge in [-0.3, -0.25) is 4.98 Å². The molecule has 1 aromatic heterocycles. The zero-order chi connectivity index (χ0) is 12.2. The highest BCUT2D eigenvalue weighted by molar-refractivity contribution is 7.89. The Balaban J connectivity index is 2.97. The summed E-state index contributed by atoms with van der Waals surface area (Å²) in [4.78, 5) is 3.93. The second kappa shape index (κ2) is 5.12. The average Bonchev–Trinajstić information content (AvgIpc) is 2.29. The molecule has 0 amide bonds. The van der Waals surface area contributed by atoms with Gasteiger partial charge in [0.25, 0.3) is 0 Å². The van der Waals surface area contributed by atoms with Gasteiger partial charge in [-0.05, 0) is 25.5 Å². The maximum Gasteiger partial charge on any atom is 0.242 e. The molecular weight excluding hydrogens is 248 g/mol. The zero-order valence-corrected chi connectivity index (χ0v) is 10.8. The van der Waals surface area contributed by atoms with Crippen molar-refractivity contribution >= 4 is 21.6 Å². The van der Waals surface area contributed by atoms with E-state index in [9.17, 15) is 8.42 Å². The first-order chi connectivity index (χ1) is 7.43. The third-order valence-corrected chi connectivity index (χ3v) is 4.61. The van der Waals surface area contributed by atoms with Crippen molar-refractivity contribution in [1.29, 1.82) is 0 Å². The molecular formula is C10H15ClN2O2S. The number of pyridine rings is 1. The van der Waals surface area contributed by atoms with E-state index in [1.54, 1.807) is 13.0 Å². The van der Waals surface area contributed by atoms with E-state index in [0.29, 0.717) is 6.42 Å². The first kappa shape index (κ1) is 13.4. The highest BCUT2D eigenvalue weighted by Crippen LogP contribution is 2.16. The van der Waals surface area contributed by atoms with Gasteiger partial charge in [-0.15, -0.1) is 11.6 Å². The lowest BCUT2D eigenvalue weighted by molar-refractivity contribution is 0.444. The highest BCUT2D eigenvalue weighted by Gasteiger charge is 2.28. The molecule has 0 aliphatic heterocycles. The third-order valence-electron chi connectivity index (χ3n) is 2.40. The van der Waals surface area contributed by atoms with Crippen LogP contribution in [0.3, 0.4) is 0 Å². The second-order valence-corrected chi connectivity index (χ2v) is 5.79. The highest BCUT2D eigenvalue weighted by atomic mass is 35.5. The Kier molecular flexibility index (Phi) is 4.29. The number of hydrogen-bond acceptors (Lipinski definition) is 3. The van der Waals surface area contributed by atoms with Crippen LogP contribution in [0.4, 0.5) is 0 Å². The summed E-state index contributed by atoms with van der Waals surface area (Å²) in [5.41, 5.74) is -0.629. The van der Waals surface area contributed by atoms with E-state index in [-0.39, 0.29) is 10.8 Å². The molecule has 1 unspecified atom stereocenters. The summed E-state index contributed by atoms with van der Waals surface area (Å²) in [5.74, 6) is 0.225. The second-order valence-electron chi connectivity index (χ2n) is 3.84. The number of halogens is 1. The molecule has 0 aromatic carbocycles. The van der Waals surface area contributed by atoms with E-state index in [1.807, 2.05) is 6.92 Å². The van der Waals surface area contributed by atoms with Crippen molar-refractivity contribution in [2.24, 2.45) is 0 Å². The van der Waals surface area contributed by atoms with Gasteiger partial charge in [0, 0.05) is 23.8 Å². The van der Waals surface area contributed by atoms with Crippen LogP contribution in [0.25, 0.3) is 0 Å². The van der Waals surface area contributed by atoms with Crippen molar-refractivity contribution < 1.29 is 8.42 Å². The normalized spacial score (nSPS) is 15.7. The molecule has 0 aliphatic rings. The third kappa shape index (κ3) is 3.17. The van der Waals surface area contributed by atoms with Crippen molar-refractivity contribution in [3.8, 4) is 0 Å². The monoisotopic (exact) mass is 262 g/mol. The van der Waals surface area contributed by atoms with Crippen molar-refractivity contribution in [3.63, 3.8) is 0 Å². The molecule has 0 radical (unpaired) electrons. The van der Waals surface area contributed by atoms with Crippen molar-refractivity contribution in [2.75, 3.05) is 5.88 Å². The fourth-order valence-corrected chi connectivity index (χ4v) is 2.86. The van der Waals surface area contributed by atoms with Crippen LogP contribution in [-0.4, -0.2) is 24.8 Å². The lowest BCUT2D eigenvalue weighted by atomic mass is 10.0. The molecule has 1 aromatic rings. The van der Waals surface area contributed by atoms with E-state index in [1.165, 1.54) is 18.5 Å². The van der Waals surface area contributed by atoms with E-state index in [2.05, 4.69) is 9.71 Å². The van der Waals surface area contributed by atoms with Crippen molar-refractivity contribution in [2.45, 2.75) is 30.7 Å². The minimum atomic E-state index is -3.54. The molecule has 6 heteroatoms. The Labute approximate surface area is 101 Å². The minimum absolute atomic E-state index is 0.153. The molecule has 0 bridgehead atoms. The quantitative estimate of drug-likeness (QED) is 0.823. The van der Waals surface area contributed by atoms with Crippen LogP contribution in [-0.2, 0) is 10.0 Å². The molecule has 1 N–H and O–H groups in total. The molecule has 4 nitrogen and oxygen atoms in total. The van der Waals surface area contributed by atoms with E-state index in [4.69, 9.17) is 11.6 Å². The van der Waals surface area contributed by atoms with Gasteiger partial charge >= 0.3 is 0 Å². The van der Waals surface area contributed by atoms with Crippen LogP contribution in [0.5, 0.6) is 0 Å². The Bertz CT molecular complexity index is 429. The average molecular weight is 263 g/mol. The molecule has 0 saturated heterocycles. The first-order valence-corrected chi connectivity index (χ1v) is 6.95. The fraction of sp³-hybridized carbons (Fsp3) is 0.500. The topological polar surface area (TPSA) is 59.1 Å². The van der Waals surface area contributed by atoms with Gasteiger partial charge in [-0.2, -0.15) is 0 Å². The van der Waals surface area contributed by atoms with Gasteiger partial charge in [0.2, 0.25) is 10.0 Å². The summed E-state index contributed by atoms with van der Waals surface area (Å²) in [7, 11) is -3.54. The lowest BCUT2D eigenvalue weighted by Crippen LogP contribution is -2.46. The summed E-state index contributed by atoms with van der Waals surface area (Å²) in [6.07, 6.45) is 3.46. The number of sulfonamides is 1. The molecule has 1 atom stereocenters. The Hall–Kier alpha value is -0.650. The summed E-state index contributed by atoms with van der Waals surface area (Å²) in [6.45, 7) is 3.65. The Morgan fingerprint density at radius 1 is 1.56 bits per heavy atom. The molecule has 90 valence electrons. The van der Waals surface area contributed by atoms with Crippen LogP contribution in [0.2, 0.25) is 0 Å².